The summed E-state index contributed by atoms with van der Waals surface area (Å²) in [5, 5.41) is 8.65. The molecule has 10 nitrogen and oxygen atoms in total. The van der Waals surface area contributed by atoms with Gasteiger partial charge in [-0.05, 0) is 37.1 Å². The van der Waals surface area contributed by atoms with E-state index in [-0.39, 0.29) is 11.9 Å². The molecule has 3 fully saturated rings. The van der Waals surface area contributed by atoms with Crippen LogP contribution in [0.2, 0.25) is 0 Å². The Bertz CT molecular complexity index is 1000. The van der Waals surface area contributed by atoms with Gasteiger partial charge in [-0.3, -0.25) is 9.69 Å². The molecule has 174 valence electrons. The average Bonchev–Trinajstić information content (AvgIpc) is 3.64. The van der Waals surface area contributed by atoms with Gasteiger partial charge in [0.2, 0.25) is 5.91 Å². The normalized spacial score (nSPS) is 19.2. The molecule has 10 heteroatoms. The van der Waals surface area contributed by atoms with E-state index in [9.17, 15) is 9.59 Å². The molecule has 0 spiro atoms. The minimum atomic E-state index is -0.177. The smallest absolute Gasteiger partial charge is 0.319 e. The number of carbonyl (C=O) groups excluding carboxylic acids is 2. The van der Waals surface area contributed by atoms with Gasteiger partial charge in [-0.25, -0.2) is 14.8 Å². The van der Waals surface area contributed by atoms with Crippen molar-refractivity contribution in [1.29, 1.82) is 0 Å². The second-order valence-corrected chi connectivity index (χ2v) is 8.65. The van der Waals surface area contributed by atoms with Gasteiger partial charge in [-0.1, -0.05) is 0 Å². The van der Waals surface area contributed by atoms with Crippen LogP contribution in [0.15, 0.2) is 30.3 Å². The maximum absolute atomic E-state index is 12.0. The summed E-state index contributed by atoms with van der Waals surface area (Å²) in [5.74, 6) is 1.54. The monoisotopic (exact) mass is 451 g/mol. The molecule has 33 heavy (non-hydrogen) atoms. The quantitative estimate of drug-likeness (QED) is 0.605. The SMILES string of the molecule is O=C1CN(Cc2cc(N3CCOCC3)nc(-c3ccc(NC(=O)NC4CC4)cc3)n2)CCN1. The van der Waals surface area contributed by atoms with Crippen molar-refractivity contribution in [3.05, 3.63) is 36.0 Å². The molecule has 5 rings (SSSR count). The van der Waals surface area contributed by atoms with Crippen LogP contribution in [-0.2, 0) is 16.1 Å². The van der Waals surface area contributed by atoms with Crippen molar-refractivity contribution in [2.45, 2.75) is 25.4 Å². The van der Waals surface area contributed by atoms with Gasteiger partial charge in [0.1, 0.15) is 5.82 Å². The van der Waals surface area contributed by atoms with Crippen LogP contribution in [-0.4, -0.2) is 78.8 Å². The molecule has 1 aromatic carbocycles. The first kappa shape index (κ1) is 21.6. The third kappa shape index (κ3) is 5.77. The number of benzene rings is 1. The molecule has 3 aliphatic rings. The fourth-order valence-corrected chi connectivity index (χ4v) is 3.99. The number of nitrogens with one attached hydrogen (secondary N) is 3. The highest BCUT2D eigenvalue weighted by molar-refractivity contribution is 5.89. The summed E-state index contributed by atoms with van der Waals surface area (Å²) < 4.78 is 5.49. The van der Waals surface area contributed by atoms with Crippen LogP contribution in [0.25, 0.3) is 11.4 Å². The van der Waals surface area contributed by atoms with E-state index >= 15 is 0 Å². The number of aromatic nitrogens is 2. The molecular formula is C23H29N7O3. The summed E-state index contributed by atoms with van der Waals surface area (Å²) in [6, 6.07) is 9.71. The lowest BCUT2D eigenvalue weighted by Crippen LogP contribution is -2.47. The first-order chi connectivity index (χ1) is 16.1. The number of rotatable bonds is 6. The number of anilines is 2. The summed E-state index contributed by atoms with van der Waals surface area (Å²) in [6.07, 6.45) is 2.10. The number of amides is 3. The number of urea groups is 1. The molecule has 3 heterocycles. The minimum Gasteiger partial charge on any atom is -0.378 e. The predicted molar refractivity (Wildman–Crippen MR) is 124 cm³/mol. The molecule has 1 aliphatic carbocycles. The molecule has 2 aliphatic heterocycles. The molecule has 1 saturated carbocycles. The number of hydrogen-bond donors (Lipinski definition) is 3. The van der Waals surface area contributed by atoms with E-state index in [1.54, 1.807) is 0 Å². The second-order valence-electron chi connectivity index (χ2n) is 8.65. The molecular weight excluding hydrogens is 422 g/mol. The summed E-state index contributed by atoms with van der Waals surface area (Å²) in [7, 11) is 0. The number of hydrogen-bond acceptors (Lipinski definition) is 7. The second kappa shape index (κ2) is 9.72. The topological polar surface area (TPSA) is 112 Å². The summed E-state index contributed by atoms with van der Waals surface area (Å²) in [5.41, 5.74) is 2.47. The van der Waals surface area contributed by atoms with Crippen LogP contribution in [0.4, 0.5) is 16.3 Å². The zero-order valence-corrected chi connectivity index (χ0v) is 18.5. The fraction of sp³-hybridized carbons (Fsp3) is 0.478. The van der Waals surface area contributed by atoms with Crippen molar-refractivity contribution in [2.75, 3.05) is 56.2 Å². The Hall–Kier alpha value is -3.24. The highest BCUT2D eigenvalue weighted by Gasteiger charge is 2.23. The zero-order valence-electron chi connectivity index (χ0n) is 18.5. The van der Waals surface area contributed by atoms with Gasteiger partial charge in [0.15, 0.2) is 5.82 Å². The third-order valence-electron chi connectivity index (χ3n) is 5.92. The van der Waals surface area contributed by atoms with Crippen molar-refractivity contribution in [1.82, 2.24) is 25.5 Å². The Balaban J connectivity index is 1.36. The Morgan fingerprint density at radius 3 is 2.64 bits per heavy atom. The van der Waals surface area contributed by atoms with E-state index in [4.69, 9.17) is 14.7 Å². The summed E-state index contributed by atoms with van der Waals surface area (Å²) >= 11 is 0. The lowest BCUT2D eigenvalue weighted by Gasteiger charge is -2.29. The van der Waals surface area contributed by atoms with E-state index in [0.29, 0.717) is 44.7 Å². The van der Waals surface area contributed by atoms with Gasteiger partial charge in [0.05, 0.1) is 25.5 Å². The maximum Gasteiger partial charge on any atom is 0.319 e. The number of carbonyl (C=O) groups is 2. The van der Waals surface area contributed by atoms with Crippen molar-refractivity contribution >= 4 is 23.4 Å². The fourth-order valence-electron chi connectivity index (χ4n) is 3.99. The Morgan fingerprint density at radius 2 is 1.91 bits per heavy atom. The Kier molecular flexibility index (Phi) is 6.36. The van der Waals surface area contributed by atoms with Crippen LogP contribution in [0.1, 0.15) is 18.5 Å². The molecule has 0 atom stereocenters. The van der Waals surface area contributed by atoms with E-state index in [1.807, 2.05) is 30.3 Å². The van der Waals surface area contributed by atoms with E-state index in [0.717, 1.165) is 55.2 Å². The molecule has 2 saturated heterocycles. The largest absolute Gasteiger partial charge is 0.378 e. The van der Waals surface area contributed by atoms with E-state index in [2.05, 4.69) is 25.8 Å². The maximum atomic E-state index is 12.0. The van der Waals surface area contributed by atoms with Crippen LogP contribution in [0, 0.1) is 0 Å². The number of morpholine rings is 1. The molecule has 1 aromatic heterocycles. The standard InChI is InChI=1S/C23H29N7O3/c31-21-15-29(8-7-24-21)14-19-13-20(30-9-11-33-12-10-30)28-22(25-19)16-1-3-17(4-2-16)26-23(32)27-18-5-6-18/h1-4,13,18H,5-12,14-15H2,(H,24,31)(H2,26,27,32). The van der Waals surface area contributed by atoms with Crippen LogP contribution >= 0.6 is 0 Å². The van der Waals surface area contributed by atoms with Gasteiger partial charge < -0.3 is 25.6 Å². The zero-order chi connectivity index (χ0) is 22.6. The first-order valence-corrected chi connectivity index (χ1v) is 11.5. The predicted octanol–water partition coefficient (Wildman–Crippen LogP) is 1.20. The number of ether oxygens (including phenoxy) is 1. The molecule has 0 bridgehead atoms. The van der Waals surface area contributed by atoms with Crippen molar-refractivity contribution in [3.63, 3.8) is 0 Å². The summed E-state index contributed by atoms with van der Waals surface area (Å²) in [6.45, 7) is 5.30. The van der Waals surface area contributed by atoms with Crippen molar-refractivity contribution in [2.24, 2.45) is 0 Å². The molecule has 0 radical (unpaired) electrons. The lowest BCUT2D eigenvalue weighted by atomic mass is 10.2. The number of piperazine rings is 1. The summed E-state index contributed by atoms with van der Waals surface area (Å²) in [4.78, 5) is 37.7. The van der Waals surface area contributed by atoms with E-state index in [1.165, 1.54) is 0 Å². The van der Waals surface area contributed by atoms with Gasteiger partial charge in [-0.2, -0.15) is 0 Å². The molecule has 3 N–H and O–H groups in total. The highest BCUT2D eigenvalue weighted by atomic mass is 16.5. The highest BCUT2D eigenvalue weighted by Crippen LogP contribution is 2.24. The van der Waals surface area contributed by atoms with Crippen LogP contribution < -0.4 is 20.9 Å². The Morgan fingerprint density at radius 1 is 1.12 bits per heavy atom. The van der Waals surface area contributed by atoms with Crippen LogP contribution in [0.3, 0.4) is 0 Å². The molecule has 3 amide bonds. The van der Waals surface area contributed by atoms with Crippen molar-refractivity contribution < 1.29 is 14.3 Å². The Labute approximate surface area is 192 Å². The van der Waals surface area contributed by atoms with Crippen LogP contribution in [0.5, 0.6) is 0 Å². The lowest BCUT2D eigenvalue weighted by molar-refractivity contribution is -0.124. The van der Waals surface area contributed by atoms with Gasteiger partial charge in [0.25, 0.3) is 0 Å². The van der Waals surface area contributed by atoms with Gasteiger partial charge in [-0.15, -0.1) is 0 Å². The van der Waals surface area contributed by atoms with Gasteiger partial charge >= 0.3 is 6.03 Å². The minimum absolute atomic E-state index is 0.0396. The molecule has 0 unspecified atom stereocenters. The van der Waals surface area contributed by atoms with Crippen molar-refractivity contribution in [3.8, 4) is 11.4 Å². The van der Waals surface area contributed by atoms with Gasteiger partial charge in [0, 0.05) is 56.1 Å². The molecule has 2 aromatic rings. The first-order valence-electron chi connectivity index (χ1n) is 11.5. The third-order valence-corrected chi connectivity index (χ3v) is 5.92. The number of nitrogens with zero attached hydrogens (tertiary/aromatic N) is 4. The van der Waals surface area contributed by atoms with E-state index < -0.39 is 0 Å². The average molecular weight is 452 g/mol.